The maximum absolute atomic E-state index is 6.07. The van der Waals surface area contributed by atoms with Crippen LogP contribution in [0.1, 0.15) is 25.3 Å². The molecule has 1 aliphatic rings. The summed E-state index contributed by atoms with van der Waals surface area (Å²) in [4.78, 5) is 0. The molecule has 2 N–H and O–H groups in total. The van der Waals surface area contributed by atoms with Gasteiger partial charge in [0.2, 0.25) is 0 Å². The molecular weight excluding hydrogens is 322 g/mol. The van der Waals surface area contributed by atoms with E-state index in [0.717, 1.165) is 47.4 Å². The van der Waals surface area contributed by atoms with E-state index in [4.69, 9.17) is 19.9 Å². The Morgan fingerprint density at radius 1 is 1.45 bits per heavy atom. The highest BCUT2D eigenvalue weighted by Gasteiger charge is 2.20. The van der Waals surface area contributed by atoms with Gasteiger partial charge in [0.05, 0.1) is 17.7 Å². The molecule has 1 unspecified atom stereocenters. The summed E-state index contributed by atoms with van der Waals surface area (Å²) in [6.07, 6.45) is 2.98. The predicted octanol–water partition coefficient (Wildman–Crippen LogP) is 2.91. The van der Waals surface area contributed by atoms with Gasteiger partial charge < -0.3 is 19.9 Å². The summed E-state index contributed by atoms with van der Waals surface area (Å²) in [6, 6.07) is 4.06. The summed E-state index contributed by atoms with van der Waals surface area (Å²) < 4.78 is 18.2. The number of hydrogen-bond donors (Lipinski definition) is 1. The highest BCUT2D eigenvalue weighted by Crippen LogP contribution is 2.38. The van der Waals surface area contributed by atoms with Crippen LogP contribution in [0.15, 0.2) is 16.6 Å². The molecule has 0 bridgehead atoms. The first kappa shape index (κ1) is 15.6. The fraction of sp³-hybridized carbons (Fsp3) is 0.600. The summed E-state index contributed by atoms with van der Waals surface area (Å²) >= 11 is 3.58. The third kappa shape index (κ3) is 4.11. The van der Waals surface area contributed by atoms with Gasteiger partial charge in [0, 0.05) is 6.61 Å². The van der Waals surface area contributed by atoms with Crippen LogP contribution >= 0.6 is 15.9 Å². The molecule has 1 atom stereocenters. The second-order valence-corrected chi connectivity index (χ2v) is 5.69. The molecule has 1 heterocycles. The third-order valence-corrected chi connectivity index (χ3v) is 3.79. The molecule has 1 fully saturated rings. The quantitative estimate of drug-likeness (QED) is 0.862. The minimum absolute atomic E-state index is 0.0969. The van der Waals surface area contributed by atoms with Gasteiger partial charge in [-0.25, -0.2) is 0 Å². The van der Waals surface area contributed by atoms with E-state index in [1.165, 1.54) is 0 Å². The smallest absolute Gasteiger partial charge is 0.175 e. The van der Waals surface area contributed by atoms with Crippen LogP contribution in [0.3, 0.4) is 0 Å². The lowest BCUT2D eigenvalue weighted by molar-refractivity contribution is 0.00590. The van der Waals surface area contributed by atoms with E-state index in [-0.39, 0.29) is 6.10 Å². The van der Waals surface area contributed by atoms with Crippen molar-refractivity contribution in [3.8, 4) is 11.5 Å². The molecule has 112 valence electrons. The molecule has 0 radical (unpaired) electrons. The topological polar surface area (TPSA) is 53.7 Å². The number of nitrogens with two attached hydrogens (primary N) is 1. The zero-order valence-electron chi connectivity index (χ0n) is 11.9. The van der Waals surface area contributed by atoms with Gasteiger partial charge in [-0.05, 0) is 66.4 Å². The first-order chi connectivity index (χ1) is 9.74. The summed E-state index contributed by atoms with van der Waals surface area (Å²) in [5.74, 6) is 1.54. The summed E-state index contributed by atoms with van der Waals surface area (Å²) in [5.41, 5.74) is 6.77. The van der Waals surface area contributed by atoms with Crippen molar-refractivity contribution < 1.29 is 14.2 Å². The van der Waals surface area contributed by atoms with Gasteiger partial charge in [0.15, 0.2) is 11.5 Å². The number of benzene rings is 1. The van der Waals surface area contributed by atoms with Crippen molar-refractivity contribution in [2.45, 2.75) is 32.3 Å². The Kier molecular flexibility index (Phi) is 6.13. The molecular formula is C15H22BrNO3. The number of rotatable bonds is 6. The Hall–Kier alpha value is -0.780. The standard InChI is InChI=1S/C15H22BrNO3/c1-2-19-14-9-11(5-6-17)8-13(16)15(14)20-12-4-3-7-18-10-12/h8-9,12H,2-7,10,17H2,1H3. The van der Waals surface area contributed by atoms with E-state index < -0.39 is 0 Å². The number of ether oxygens (including phenoxy) is 3. The first-order valence-corrected chi connectivity index (χ1v) is 7.93. The molecule has 4 nitrogen and oxygen atoms in total. The maximum Gasteiger partial charge on any atom is 0.175 e. The highest BCUT2D eigenvalue weighted by molar-refractivity contribution is 9.10. The molecule has 1 aliphatic heterocycles. The van der Waals surface area contributed by atoms with E-state index in [1.54, 1.807) is 0 Å². The molecule has 20 heavy (non-hydrogen) atoms. The van der Waals surface area contributed by atoms with Crippen LogP contribution in [0.5, 0.6) is 11.5 Å². The molecule has 0 spiro atoms. The average molecular weight is 344 g/mol. The van der Waals surface area contributed by atoms with Gasteiger partial charge >= 0.3 is 0 Å². The average Bonchev–Trinajstić information content (AvgIpc) is 2.44. The van der Waals surface area contributed by atoms with Gasteiger partial charge in [0.1, 0.15) is 6.10 Å². The van der Waals surface area contributed by atoms with Crippen molar-refractivity contribution >= 4 is 15.9 Å². The van der Waals surface area contributed by atoms with Crippen LogP contribution in [0.2, 0.25) is 0 Å². The molecule has 0 saturated carbocycles. The molecule has 0 aromatic heterocycles. The van der Waals surface area contributed by atoms with Crippen molar-refractivity contribution in [2.75, 3.05) is 26.4 Å². The fourth-order valence-electron chi connectivity index (χ4n) is 2.28. The van der Waals surface area contributed by atoms with Crippen LogP contribution in [0.4, 0.5) is 0 Å². The van der Waals surface area contributed by atoms with Crippen molar-refractivity contribution in [2.24, 2.45) is 5.73 Å². The van der Waals surface area contributed by atoms with Crippen LogP contribution in [-0.2, 0) is 11.2 Å². The predicted molar refractivity (Wildman–Crippen MR) is 82.5 cm³/mol. The van der Waals surface area contributed by atoms with E-state index >= 15 is 0 Å². The van der Waals surface area contributed by atoms with Gasteiger partial charge in [-0.3, -0.25) is 0 Å². The molecule has 1 saturated heterocycles. The third-order valence-electron chi connectivity index (χ3n) is 3.21. The maximum atomic E-state index is 6.07. The largest absolute Gasteiger partial charge is 0.490 e. The summed E-state index contributed by atoms with van der Waals surface area (Å²) in [6.45, 7) is 4.67. The van der Waals surface area contributed by atoms with E-state index in [2.05, 4.69) is 15.9 Å². The SMILES string of the molecule is CCOc1cc(CCN)cc(Br)c1OC1CCCOC1. The number of hydrogen-bond acceptors (Lipinski definition) is 4. The Morgan fingerprint density at radius 2 is 2.30 bits per heavy atom. The van der Waals surface area contributed by atoms with Gasteiger partial charge in [0.25, 0.3) is 0 Å². The second-order valence-electron chi connectivity index (χ2n) is 4.83. The molecule has 1 aromatic rings. The fourth-order valence-corrected chi connectivity index (χ4v) is 2.86. The van der Waals surface area contributed by atoms with Gasteiger partial charge in [-0.1, -0.05) is 0 Å². The summed E-state index contributed by atoms with van der Waals surface area (Å²) in [7, 11) is 0. The minimum Gasteiger partial charge on any atom is -0.490 e. The zero-order valence-corrected chi connectivity index (χ0v) is 13.4. The lowest BCUT2D eigenvalue weighted by Gasteiger charge is -2.25. The van der Waals surface area contributed by atoms with Gasteiger partial charge in [-0.2, -0.15) is 0 Å². The van der Waals surface area contributed by atoms with Crippen molar-refractivity contribution in [3.05, 3.63) is 22.2 Å². The molecule has 5 heteroatoms. The highest BCUT2D eigenvalue weighted by atomic mass is 79.9. The van der Waals surface area contributed by atoms with Crippen LogP contribution < -0.4 is 15.2 Å². The second kappa shape index (κ2) is 7.86. The lowest BCUT2D eigenvalue weighted by atomic mass is 10.1. The molecule has 2 rings (SSSR count). The van der Waals surface area contributed by atoms with Crippen LogP contribution in [0.25, 0.3) is 0 Å². The van der Waals surface area contributed by atoms with E-state index in [1.807, 2.05) is 19.1 Å². The van der Waals surface area contributed by atoms with Crippen LogP contribution in [-0.4, -0.2) is 32.5 Å². The zero-order chi connectivity index (χ0) is 14.4. The number of halogens is 1. The van der Waals surface area contributed by atoms with Gasteiger partial charge in [-0.15, -0.1) is 0 Å². The van der Waals surface area contributed by atoms with Crippen molar-refractivity contribution in [3.63, 3.8) is 0 Å². The minimum atomic E-state index is 0.0969. The summed E-state index contributed by atoms with van der Waals surface area (Å²) in [5, 5.41) is 0. The van der Waals surface area contributed by atoms with E-state index in [9.17, 15) is 0 Å². The van der Waals surface area contributed by atoms with Crippen molar-refractivity contribution in [1.82, 2.24) is 0 Å². The van der Waals surface area contributed by atoms with Crippen LogP contribution in [0, 0.1) is 0 Å². The van der Waals surface area contributed by atoms with Crippen molar-refractivity contribution in [1.29, 1.82) is 0 Å². The Bertz CT molecular complexity index is 433. The molecule has 1 aromatic carbocycles. The van der Waals surface area contributed by atoms with E-state index in [0.29, 0.717) is 19.8 Å². The Labute approximate surface area is 128 Å². The Balaban J connectivity index is 2.19. The normalized spacial score (nSPS) is 18.9. The molecule has 0 amide bonds. The Morgan fingerprint density at radius 3 is 2.95 bits per heavy atom. The monoisotopic (exact) mass is 343 g/mol. The first-order valence-electron chi connectivity index (χ1n) is 7.14. The lowest BCUT2D eigenvalue weighted by Crippen LogP contribution is -2.28. The molecule has 0 aliphatic carbocycles.